The predicted octanol–water partition coefficient (Wildman–Crippen LogP) is 11.2. The van der Waals surface area contributed by atoms with Crippen LogP contribution in [-0.4, -0.2) is 18.1 Å². The van der Waals surface area contributed by atoms with E-state index in [-0.39, 0.29) is 0 Å². The van der Waals surface area contributed by atoms with Crippen LogP contribution in [0.3, 0.4) is 0 Å². The van der Waals surface area contributed by atoms with Gasteiger partial charge in [-0.15, -0.1) is 0 Å². The Bertz CT molecular complexity index is 3060. The van der Waals surface area contributed by atoms with Gasteiger partial charge < -0.3 is 9.13 Å². The van der Waals surface area contributed by atoms with Gasteiger partial charge in [-0.05, 0) is 72.8 Å². The summed E-state index contributed by atoms with van der Waals surface area (Å²) in [7, 11) is 0. The summed E-state index contributed by atoms with van der Waals surface area (Å²) in [5, 5.41) is 6.26. The van der Waals surface area contributed by atoms with E-state index >= 15 is 0 Å². The molecule has 0 aliphatic carbocycles. The average molecular weight is 613 g/mol. The zero-order valence-corrected chi connectivity index (χ0v) is 26.0. The molecule has 0 unspecified atom stereocenters. The number of benzene rings is 7. The number of hydrogen-bond acceptors (Lipinski definition) is 0. The Morgan fingerprint density at radius 2 is 0.917 bits per heavy atom. The highest BCUT2D eigenvalue weighted by atomic mass is 15.1. The normalized spacial score (nSPS) is 12.2. The van der Waals surface area contributed by atoms with Crippen LogP contribution >= 0.6 is 0 Å². The molecule has 11 rings (SSSR count). The van der Waals surface area contributed by atoms with Crippen molar-refractivity contribution in [3.05, 3.63) is 170 Å². The molecule has 0 fully saturated rings. The molecule has 4 nitrogen and oxygen atoms in total. The van der Waals surface area contributed by atoms with Gasteiger partial charge in [0.2, 0.25) is 0 Å². The number of imidazole rings is 1. The van der Waals surface area contributed by atoms with Crippen molar-refractivity contribution in [2.75, 3.05) is 0 Å². The summed E-state index contributed by atoms with van der Waals surface area (Å²) in [6, 6.07) is 61.7. The first-order valence-electron chi connectivity index (χ1n) is 16.5. The summed E-state index contributed by atoms with van der Waals surface area (Å²) in [5.74, 6) is 0. The molecule has 0 amide bonds. The lowest BCUT2D eigenvalue weighted by Crippen LogP contribution is -1.99. The second kappa shape index (κ2) is 9.50. The Labute approximate surface area is 275 Å². The van der Waals surface area contributed by atoms with Crippen LogP contribution in [0, 0.1) is 0 Å². The molecule has 0 aliphatic rings. The van der Waals surface area contributed by atoms with E-state index in [1.807, 2.05) is 0 Å². The standard InChI is InChI=1S/C44H28N4/c1-2-14-30(15-3-1)45-38-22-9-6-19-35(38)43-41(45)26-25-34-33-18-5-8-21-37(33)47(44(34)43)32-17-12-16-31(28-32)46-39-23-10-11-24-40(39)48-36-20-7-4-13-29(36)27-42(46)48/h1-28H. The van der Waals surface area contributed by atoms with Gasteiger partial charge in [-0.2, -0.15) is 0 Å². The van der Waals surface area contributed by atoms with Gasteiger partial charge in [0, 0.05) is 44.0 Å². The first kappa shape index (κ1) is 25.6. The number of para-hydroxylation sites is 6. The zero-order valence-electron chi connectivity index (χ0n) is 26.0. The van der Waals surface area contributed by atoms with Crippen LogP contribution in [-0.2, 0) is 0 Å². The van der Waals surface area contributed by atoms with Crippen molar-refractivity contribution in [3.63, 3.8) is 0 Å². The maximum Gasteiger partial charge on any atom is 0.123 e. The molecular formula is C44H28N4. The van der Waals surface area contributed by atoms with Gasteiger partial charge in [0.15, 0.2) is 0 Å². The van der Waals surface area contributed by atoms with Gasteiger partial charge in [0.1, 0.15) is 5.65 Å². The molecular weight excluding hydrogens is 585 g/mol. The molecule has 4 aromatic heterocycles. The maximum atomic E-state index is 2.48. The Kier molecular flexibility index (Phi) is 5.08. The van der Waals surface area contributed by atoms with E-state index in [9.17, 15) is 0 Å². The van der Waals surface area contributed by atoms with Crippen LogP contribution in [0.2, 0.25) is 0 Å². The molecule has 4 heterocycles. The van der Waals surface area contributed by atoms with E-state index in [2.05, 4.69) is 188 Å². The molecule has 0 spiro atoms. The van der Waals surface area contributed by atoms with E-state index < -0.39 is 0 Å². The number of fused-ring (bicyclic) bond motifs is 12. The second-order valence-electron chi connectivity index (χ2n) is 12.6. The van der Waals surface area contributed by atoms with Crippen molar-refractivity contribution in [2.24, 2.45) is 0 Å². The molecule has 224 valence electrons. The Balaban J connectivity index is 1.26. The van der Waals surface area contributed by atoms with Crippen LogP contribution in [0.25, 0.3) is 88.3 Å². The summed E-state index contributed by atoms with van der Waals surface area (Å²) < 4.78 is 9.68. The molecule has 11 aromatic rings. The average Bonchev–Trinajstić information content (AvgIpc) is 3.87. The largest absolute Gasteiger partial charge is 0.309 e. The minimum Gasteiger partial charge on any atom is -0.309 e. The Morgan fingerprint density at radius 1 is 0.312 bits per heavy atom. The smallest absolute Gasteiger partial charge is 0.123 e. The van der Waals surface area contributed by atoms with Crippen LogP contribution in [0.15, 0.2) is 170 Å². The van der Waals surface area contributed by atoms with Crippen LogP contribution in [0.4, 0.5) is 0 Å². The third-order valence-electron chi connectivity index (χ3n) is 10.1. The number of nitrogens with zero attached hydrogens (tertiary/aromatic N) is 4. The molecule has 48 heavy (non-hydrogen) atoms. The number of hydrogen-bond donors (Lipinski definition) is 0. The molecule has 0 radical (unpaired) electrons. The summed E-state index contributed by atoms with van der Waals surface area (Å²) in [6.07, 6.45) is 0. The van der Waals surface area contributed by atoms with Crippen molar-refractivity contribution < 1.29 is 0 Å². The van der Waals surface area contributed by atoms with E-state index in [4.69, 9.17) is 0 Å². The summed E-state index contributed by atoms with van der Waals surface area (Å²) >= 11 is 0. The van der Waals surface area contributed by atoms with Gasteiger partial charge in [0.05, 0.1) is 38.6 Å². The summed E-state index contributed by atoms with van der Waals surface area (Å²) in [4.78, 5) is 0. The fourth-order valence-electron chi connectivity index (χ4n) is 8.20. The Hall–Kier alpha value is -6.52. The fourth-order valence-corrected chi connectivity index (χ4v) is 8.20. The van der Waals surface area contributed by atoms with Crippen LogP contribution in [0.5, 0.6) is 0 Å². The summed E-state index contributed by atoms with van der Waals surface area (Å²) in [5.41, 5.74) is 13.0. The van der Waals surface area contributed by atoms with Crippen molar-refractivity contribution in [1.82, 2.24) is 18.1 Å². The minimum atomic E-state index is 1.13. The highest BCUT2D eigenvalue weighted by Gasteiger charge is 2.21. The van der Waals surface area contributed by atoms with Crippen molar-refractivity contribution in [1.29, 1.82) is 0 Å². The minimum absolute atomic E-state index is 1.13. The molecule has 0 saturated heterocycles. The van der Waals surface area contributed by atoms with Crippen molar-refractivity contribution in [3.8, 4) is 17.1 Å². The van der Waals surface area contributed by atoms with Gasteiger partial charge in [-0.25, -0.2) is 0 Å². The van der Waals surface area contributed by atoms with E-state index in [0.717, 1.165) is 22.7 Å². The van der Waals surface area contributed by atoms with Gasteiger partial charge in [-0.1, -0.05) is 97.1 Å². The van der Waals surface area contributed by atoms with Crippen molar-refractivity contribution in [2.45, 2.75) is 0 Å². The molecule has 0 bridgehead atoms. The molecule has 0 N–H and O–H groups in total. The molecule has 0 aliphatic heterocycles. The van der Waals surface area contributed by atoms with Crippen LogP contribution in [0.1, 0.15) is 0 Å². The lowest BCUT2D eigenvalue weighted by Gasteiger charge is -2.13. The highest BCUT2D eigenvalue weighted by Crippen LogP contribution is 2.42. The fraction of sp³-hybridized carbons (Fsp3) is 0. The van der Waals surface area contributed by atoms with Gasteiger partial charge in [0.25, 0.3) is 0 Å². The monoisotopic (exact) mass is 612 g/mol. The molecule has 4 heteroatoms. The van der Waals surface area contributed by atoms with E-state index in [0.29, 0.717) is 0 Å². The highest BCUT2D eigenvalue weighted by molar-refractivity contribution is 6.26. The lowest BCUT2D eigenvalue weighted by atomic mass is 10.1. The second-order valence-corrected chi connectivity index (χ2v) is 12.6. The third-order valence-corrected chi connectivity index (χ3v) is 10.1. The van der Waals surface area contributed by atoms with Gasteiger partial charge in [-0.3, -0.25) is 8.97 Å². The molecule has 7 aromatic carbocycles. The van der Waals surface area contributed by atoms with Gasteiger partial charge >= 0.3 is 0 Å². The number of rotatable bonds is 3. The zero-order chi connectivity index (χ0) is 31.3. The predicted molar refractivity (Wildman–Crippen MR) is 200 cm³/mol. The third kappa shape index (κ3) is 3.33. The Morgan fingerprint density at radius 3 is 1.73 bits per heavy atom. The summed E-state index contributed by atoms with van der Waals surface area (Å²) in [6.45, 7) is 0. The topological polar surface area (TPSA) is 19.2 Å². The van der Waals surface area contributed by atoms with E-state index in [1.54, 1.807) is 0 Å². The molecule has 0 atom stereocenters. The SMILES string of the molecule is c1ccc(-n2c3ccccc3c3c2ccc2c4ccccc4n(-c4cccc(-n5c6ccccc6n6c7ccccc7cc56)c4)c23)cc1. The van der Waals surface area contributed by atoms with E-state index in [1.165, 1.54) is 65.5 Å². The van der Waals surface area contributed by atoms with Crippen LogP contribution < -0.4 is 0 Å². The van der Waals surface area contributed by atoms with Crippen molar-refractivity contribution >= 4 is 71.2 Å². The first-order chi connectivity index (χ1) is 23.8. The molecule has 0 saturated carbocycles. The lowest BCUT2D eigenvalue weighted by molar-refractivity contribution is 1.12. The number of aromatic nitrogens is 4. The first-order valence-corrected chi connectivity index (χ1v) is 16.5. The maximum absolute atomic E-state index is 2.48. The quantitative estimate of drug-likeness (QED) is 0.189.